The van der Waals surface area contributed by atoms with E-state index in [1.807, 2.05) is 6.20 Å². The lowest BCUT2D eigenvalue weighted by Gasteiger charge is -2.27. The Morgan fingerprint density at radius 3 is 3.09 bits per heavy atom. The van der Waals surface area contributed by atoms with Gasteiger partial charge in [-0.25, -0.2) is 4.79 Å². The van der Waals surface area contributed by atoms with Gasteiger partial charge in [0.2, 0.25) is 0 Å². The van der Waals surface area contributed by atoms with Crippen LogP contribution in [0, 0.1) is 0 Å². The molecule has 0 bridgehead atoms. The molecule has 3 rings (SSSR count). The number of para-hydroxylation sites is 1. The third kappa shape index (κ3) is 3.27. The second-order valence-corrected chi connectivity index (χ2v) is 5.97. The number of benzene rings is 1. The number of hydrogen-bond donors (Lipinski definition) is 0. The predicted octanol–water partition coefficient (Wildman–Crippen LogP) is 3.24. The lowest BCUT2D eigenvalue weighted by Crippen LogP contribution is -2.23. The van der Waals surface area contributed by atoms with E-state index in [1.54, 1.807) is 36.2 Å². The Balaban J connectivity index is 1.86. The van der Waals surface area contributed by atoms with Gasteiger partial charge in [0, 0.05) is 23.7 Å². The molecule has 5 nitrogen and oxygen atoms in total. The molecular formula is C17H17NO4S. The second kappa shape index (κ2) is 6.91. The fourth-order valence-electron chi connectivity index (χ4n) is 2.47. The van der Waals surface area contributed by atoms with Crippen LogP contribution in [0.1, 0.15) is 27.6 Å². The number of thioether (sulfide) groups is 1. The highest BCUT2D eigenvalue weighted by atomic mass is 32.2. The van der Waals surface area contributed by atoms with Crippen LogP contribution in [0.4, 0.5) is 0 Å². The van der Waals surface area contributed by atoms with Crippen molar-refractivity contribution in [3.05, 3.63) is 53.3 Å². The molecule has 23 heavy (non-hydrogen) atoms. The number of carbonyl (C=O) groups is 1. The van der Waals surface area contributed by atoms with Gasteiger partial charge in [-0.15, -0.1) is 0 Å². The molecule has 120 valence electrons. The molecule has 0 saturated carbocycles. The van der Waals surface area contributed by atoms with Crippen molar-refractivity contribution in [3.8, 4) is 11.5 Å². The summed E-state index contributed by atoms with van der Waals surface area (Å²) in [6.45, 7) is 0.325. The van der Waals surface area contributed by atoms with Crippen LogP contribution in [-0.4, -0.2) is 30.9 Å². The molecule has 0 saturated heterocycles. The van der Waals surface area contributed by atoms with Crippen LogP contribution in [0.3, 0.4) is 0 Å². The minimum atomic E-state index is -0.437. The molecule has 1 atom stereocenters. The van der Waals surface area contributed by atoms with Gasteiger partial charge in [-0.1, -0.05) is 6.07 Å². The lowest BCUT2D eigenvalue weighted by molar-refractivity contribution is 0.0572. The predicted molar refractivity (Wildman–Crippen MR) is 88.1 cm³/mol. The van der Waals surface area contributed by atoms with E-state index in [0.29, 0.717) is 23.7 Å². The van der Waals surface area contributed by atoms with Crippen LogP contribution in [0.5, 0.6) is 11.5 Å². The van der Waals surface area contributed by atoms with Crippen LogP contribution in [0.25, 0.3) is 0 Å². The van der Waals surface area contributed by atoms with E-state index >= 15 is 0 Å². The molecule has 0 N–H and O–H groups in total. The summed E-state index contributed by atoms with van der Waals surface area (Å²) in [5, 5.41) is 0. The molecule has 1 aliphatic heterocycles. The molecule has 2 heterocycles. The Hall–Kier alpha value is -2.21. The smallest absolute Gasteiger partial charge is 0.341 e. The Morgan fingerprint density at radius 2 is 2.30 bits per heavy atom. The first-order valence-electron chi connectivity index (χ1n) is 7.16. The fourth-order valence-corrected chi connectivity index (χ4v) is 2.96. The maximum Gasteiger partial charge on any atom is 0.341 e. The molecule has 1 aromatic carbocycles. The van der Waals surface area contributed by atoms with Crippen molar-refractivity contribution in [2.75, 3.05) is 20.0 Å². The number of nitrogens with zero attached hydrogens (tertiary/aromatic N) is 1. The number of fused-ring (bicyclic) bond motifs is 1. The molecule has 2 aromatic rings. The zero-order valence-electron chi connectivity index (χ0n) is 12.9. The molecular weight excluding hydrogens is 314 g/mol. The number of ether oxygens (including phenoxy) is 3. The van der Waals surface area contributed by atoms with E-state index in [9.17, 15) is 4.79 Å². The number of pyridine rings is 1. The average molecular weight is 331 g/mol. The zero-order chi connectivity index (χ0) is 16.2. The SMILES string of the molecule is COC(=O)c1cccc2c1OCC(c1cncc(CSC)c1)O2. The monoisotopic (exact) mass is 331 g/mol. The van der Waals surface area contributed by atoms with E-state index in [1.165, 1.54) is 7.11 Å². The zero-order valence-corrected chi connectivity index (χ0v) is 13.8. The Bertz CT molecular complexity index is 719. The number of carbonyl (C=O) groups excluding carboxylic acids is 1. The van der Waals surface area contributed by atoms with E-state index in [0.717, 1.165) is 16.9 Å². The highest BCUT2D eigenvalue weighted by molar-refractivity contribution is 7.97. The van der Waals surface area contributed by atoms with Gasteiger partial charge in [-0.2, -0.15) is 11.8 Å². The maximum absolute atomic E-state index is 11.8. The van der Waals surface area contributed by atoms with E-state index in [4.69, 9.17) is 14.2 Å². The average Bonchev–Trinajstić information content (AvgIpc) is 2.60. The van der Waals surface area contributed by atoms with Gasteiger partial charge in [0.25, 0.3) is 0 Å². The normalized spacial score (nSPS) is 16.0. The van der Waals surface area contributed by atoms with Crippen molar-refractivity contribution in [3.63, 3.8) is 0 Å². The van der Waals surface area contributed by atoms with E-state index in [-0.39, 0.29) is 6.10 Å². The quantitative estimate of drug-likeness (QED) is 0.802. The minimum Gasteiger partial charge on any atom is -0.485 e. The second-order valence-electron chi connectivity index (χ2n) is 5.10. The van der Waals surface area contributed by atoms with Gasteiger partial charge in [-0.05, 0) is 30.0 Å². The number of aromatic nitrogens is 1. The number of methoxy groups -OCH3 is 1. The number of esters is 1. The Labute approximate surface area is 139 Å². The summed E-state index contributed by atoms with van der Waals surface area (Å²) in [5.74, 6) is 1.44. The molecule has 0 radical (unpaired) electrons. The van der Waals surface area contributed by atoms with Crippen LogP contribution in [0.2, 0.25) is 0 Å². The van der Waals surface area contributed by atoms with Crippen LogP contribution < -0.4 is 9.47 Å². The largest absolute Gasteiger partial charge is 0.485 e. The van der Waals surface area contributed by atoms with Gasteiger partial charge in [0.15, 0.2) is 17.6 Å². The van der Waals surface area contributed by atoms with Crippen molar-refractivity contribution in [1.82, 2.24) is 4.98 Å². The molecule has 6 heteroatoms. The molecule has 1 unspecified atom stereocenters. The highest BCUT2D eigenvalue weighted by Crippen LogP contribution is 2.39. The number of rotatable bonds is 4. The summed E-state index contributed by atoms with van der Waals surface area (Å²) in [7, 11) is 1.34. The Morgan fingerprint density at radius 1 is 1.43 bits per heavy atom. The summed E-state index contributed by atoms with van der Waals surface area (Å²) in [6.07, 6.45) is 5.45. The van der Waals surface area contributed by atoms with E-state index in [2.05, 4.69) is 17.3 Å². The lowest BCUT2D eigenvalue weighted by atomic mass is 10.1. The van der Waals surface area contributed by atoms with E-state index < -0.39 is 5.97 Å². The molecule has 0 aliphatic carbocycles. The first-order chi connectivity index (χ1) is 11.2. The van der Waals surface area contributed by atoms with Crippen LogP contribution >= 0.6 is 11.8 Å². The van der Waals surface area contributed by atoms with Crippen LogP contribution in [-0.2, 0) is 10.5 Å². The number of hydrogen-bond acceptors (Lipinski definition) is 6. The van der Waals surface area contributed by atoms with Crippen molar-refractivity contribution in [2.45, 2.75) is 11.9 Å². The highest BCUT2D eigenvalue weighted by Gasteiger charge is 2.27. The molecule has 1 aromatic heterocycles. The molecule has 1 aliphatic rings. The van der Waals surface area contributed by atoms with Gasteiger partial charge in [0.1, 0.15) is 12.2 Å². The maximum atomic E-state index is 11.8. The standard InChI is InChI=1S/C17H17NO4S/c1-20-17(19)13-4-3-5-14-16(13)21-9-15(22-14)12-6-11(10-23-2)7-18-8-12/h3-8,15H,9-10H2,1-2H3. The van der Waals surface area contributed by atoms with Gasteiger partial charge in [0.05, 0.1) is 7.11 Å². The third-order valence-electron chi connectivity index (χ3n) is 3.53. The van der Waals surface area contributed by atoms with Gasteiger partial charge in [-0.3, -0.25) is 4.98 Å². The molecule has 0 fully saturated rings. The summed E-state index contributed by atoms with van der Waals surface area (Å²) in [5.41, 5.74) is 2.48. The molecule has 0 amide bonds. The summed E-state index contributed by atoms with van der Waals surface area (Å²) in [6, 6.07) is 7.27. The molecule has 0 spiro atoms. The summed E-state index contributed by atoms with van der Waals surface area (Å²) in [4.78, 5) is 16.1. The third-order valence-corrected chi connectivity index (χ3v) is 4.15. The first-order valence-corrected chi connectivity index (χ1v) is 8.56. The van der Waals surface area contributed by atoms with Gasteiger partial charge >= 0.3 is 5.97 Å². The topological polar surface area (TPSA) is 57.7 Å². The van der Waals surface area contributed by atoms with Gasteiger partial charge < -0.3 is 14.2 Å². The van der Waals surface area contributed by atoms with Crippen molar-refractivity contribution < 1.29 is 19.0 Å². The van der Waals surface area contributed by atoms with Crippen LogP contribution in [0.15, 0.2) is 36.7 Å². The fraction of sp³-hybridized carbons (Fsp3) is 0.294. The summed E-state index contributed by atoms with van der Waals surface area (Å²) < 4.78 is 16.6. The van der Waals surface area contributed by atoms with Crippen molar-refractivity contribution >= 4 is 17.7 Å². The Kier molecular flexibility index (Phi) is 4.71. The summed E-state index contributed by atoms with van der Waals surface area (Å²) >= 11 is 1.74. The first kappa shape index (κ1) is 15.7. The van der Waals surface area contributed by atoms with Crippen molar-refractivity contribution in [2.24, 2.45) is 0 Å². The minimum absolute atomic E-state index is 0.246. The van der Waals surface area contributed by atoms with Crippen molar-refractivity contribution in [1.29, 1.82) is 0 Å².